The molecule has 0 saturated heterocycles. The van der Waals surface area contributed by atoms with Crippen molar-refractivity contribution >= 4 is 29.9 Å². The van der Waals surface area contributed by atoms with Gasteiger partial charge in [-0.05, 0) is 50.1 Å². The Morgan fingerprint density at radius 2 is 1.81 bits per heavy atom. The maximum Gasteiger partial charge on any atom is 0.191 e. The van der Waals surface area contributed by atoms with Gasteiger partial charge in [0.2, 0.25) is 0 Å². The lowest BCUT2D eigenvalue weighted by molar-refractivity contribution is 0.179. The van der Waals surface area contributed by atoms with Gasteiger partial charge in [0.1, 0.15) is 11.5 Å². The van der Waals surface area contributed by atoms with Crippen LogP contribution in [-0.2, 0) is 0 Å². The summed E-state index contributed by atoms with van der Waals surface area (Å²) >= 11 is 0. The number of hydrogen-bond acceptors (Lipinski definition) is 4. The normalized spacial score (nSPS) is 13.2. The van der Waals surface area contributed by atoms with Crippen molar-refractivity contribution in [3.63, 3.8) is 0 Å². The Morgan fingerprint density at radius 3 is 2.48 bits per heavy atom. The highest BCUT2D eigenvalue weighted by Gasteiger charge is 2.13. The Bertz CT molecular complexity index is 814. The van der Waals surface area contributed by atoms with Crippen molar-refractivity contribution in [1.82, 2.24) is 10.6 Å². The van der Waals surface area contributed by atoms with Crippen molar-refractivity contribution in [2.45, 2.75) is 45.8 Å². The van der Waals surface area contributed by atoms with Crippen molar-refractivity contribution in [1.29, 1.82) is 0 Å². The average molecular weight is 541 g/mol. The van der Waals surface area contributed by atoms with E-state index >= 15 is 0 Å². The molecule has 2 aromatic carbocycles. The van der Waals surface area contributed by atoms with Gasteiger partial charge < -0.3 is 25.2 Å². The molecular weight excluding hydrogens is 505 g/mol. The molecule has 2 atom stereocenters. The largest absolute Gasteiger partial charge is 0.496 e. The lowest BCUT2D eigenvalue weighted by Gasteiger charge is -2.18. The molecule has 172 valence electrons. The SMILES string of the molecule is CCNC(=NCC(C)c1ccccc1OC)NCC(O)c1cccc(OC(C)C)c1.I. The van der Waals surface area contributed by atoms with Crippen molar-refractivity contribution in [2.24, 2.45) is 4.99 Å². The van der Waals surface area contributed by atoms with Crippen LogP contribution in [0.4, 0.5) is 0 Å². The second-order valence-corrected chi connectivity index (χ2v) is 7.50. The van der Waals surface area contributed by atoms with E-state index in [1.54, 1.807) is 7.11 Å². The van der Waals surface area contributed by atoms with E-state index in [1.165, 1.54) is 0 Å². The highest BCUT2D eigenvalue weighted by molar-refractivity contribution is 14.0. The maximum absolute atomic E-state index is 10.6. The van der Waals surface area contributed by atoms with Gasteiger partial charge in [-0.1, -0.05) is 37.3 Å². The molecule has 0 radical (unpaired) electrons. The fourth-order valence-electron chi connectivity index (χ4n) is 3.12. The van der Waals surface area contributed by atoms with Crippen molar-refractivity contribution in [3.05, 3.63) is 59.7 Å². The first-order valence-electron chi connectivity index (χ1n) is 10.5. The molecular formula is C24H36IN3O3. The van der Waals surface area contributed by atoms with Crippen LogP contribution in [-0.4, -0.2) is 43.9 Å². The third-order valence-electron chi connectivity index (χ3n) is 4.61. The van der Waals surface area contributed by atoms with Gasteiger partial charge in [-0.3, -0.25) is 4.99 Å². The monoisotopic (exact) mass is 541 g/mol. The molecule has 0 spiro atoms. The zero-order chi connectivity index (χ0) is 21.9. The van der Waals surface area contributed by atoms with E-state index in [2.05, 4.69) is 23.6 Å². The Hall–Kier alpha value is -2.00. The third kappa shape index (κ3) is 8.95. The number of methoxy groups -OCH3 is 1. The number of aliphatic imine (C=N–C) groups is 1. The van der Waals surface area contributed by atoms with E-state index in [0.29, 0.717) is 19.0 Å². The van der Waals surface area contributed by atoms with Gasteiger partial charge in [0.25, 0.3) is 0 Å². The Morgan fingerprint density at radius 1 is 1.06 bits per heavy atom. The second-order valence-electron chi connectivity index (χ2n) is 7.50. The summed E-state index contributed by atoms with van der Waals surface area (Å²) in [6.45, 7) is 9.79. The zero-order valence-electron chi connectivity index (χ0n) is 19.1. The smallest absolute Gasteiger partial charge is 0.191 e. The summed E-state index contributed by atoms with van der Waals surface area (Å²) in [6.07, 6.45) is -0.579. The first-order chi connectivity index (χ1) is 14.4. The van der Waals surface area contributed by atoms with Gasteiger partial charge in [-0.2, -0.15) is 0 Å². The number of rotatable bonds is 10. The molecule has 0 aromatic heterocycles. The number of aliphatic hydroxyl groups is 1. The molecule has 3 N–H and O–H groups in total. The van der Waals surface area contributed by atoms with Gasteiger partial charge in [0.05, 0.1) is 19.3 Å². The van der Waals surface area contributed by atoms with Gasteiger partial charge in [0.15, 0.2) is 5.96 Å². The molecule has 7 heteroatoms. The quantitative estimate of drug-likeness (QED) is 0.235. The number of nitrogens with one attached hydrogen (secondary N) is 2. The molecule has 0 heterocycles. The van der Waals surface area contributed by atoms with Crippen LogP contribution in [0.1, 0.15) is 50.8 Å². The van der Waals surface area contributed by atoms with Crippen LogP contribution in [0.2, 0.25) is 0 Å². The van der Waals surface area contributed by atoms with Crippen LogP contribution in [0.15, 0.2) is 53.5 Å². The predicted molar refractivity (Wildman–Crippen MR) is 138 cm³/mol. The summed E-state index contributed by atoms with van der Waals surface area (Å²) in [4.78, 5) is 4.69. The van der Waals surface area contributed by atoms with E-state index in [1.807, 2.05) is 63.2 Å². The lowest BCUT2D eigenvalue weighted by atomic mass is 10.0. The number of aliphatic hydroxyl groups excluding tert-OH is 1. The number of halogens is 1. The molecule has 2 rings (SSSR count). The fraction of sp³-hybridized carbons (Fsp3) is 0.458. The van der Waals surface area contributed by atoms with Crippen LogP contribution in [0.5, 0.6) is 11.5 Å². The number of nitrogens with zero attached hydrogens (tertiary/aromatic N) is 1. The average Bonchev–Trinajstić information content (AvgIpc) is 2.74. The van der Waals surface area contributed by atoms with Crippen LogP contribution >= 0.6 is 24.0 Å². The highest BCUT2D eigenvalue weighted by atomic mass is 127. The summed E-state index contributed by atoms with van der Waals surface area (Å²) in [5, 5.41) is 17.1. The van der Waals surface area contributed by atoms with E-state index in [4.69, 9.17) is 14.5 Å². The molecule has 0 fully saturated rings. The molecule has 0 bridgehead atoms. The van der Waals surface area contributed by atoms with Crippen molar-refractivity contribution in [2.75, 3.05) is 26.7 Å². The molecule has 0 saturated carbocycles. The molecule has 0 amide bonds. The van der Waals surface area contributed by atoms with Crippen LogP contribution in [0, 0.1) is 0 Å². The Labute approximate surface area is 203 Å². The maximum atomic E-state index is 10.6. The lowest BCUT2D eigenvalue weighted by Crippen LogP contribution is -2.39. The van der Waals surface area contributed by atoms with Gasteiger partial charge in [-0.15, -0.1) is 24.0 Å². The van der Waals surface area contributed by atoms with E-state index in [0.717, 1.165) is 29.2 Å². The summed E-state index contributed by atoms with van der Waals surface area (Å²) in [6, 6.07) is 15.6. The standard InChI is InChI=1S/C24H35N3O3.HI/c1-6-25-24(26-15-18(4)21-12-7-8-13-23(21)29-5)27-16-22(28)19-10-9-11-20(14-19)30-17(2)3;/h7-14,17-18,22,28H,6,15-16H2,1-5H3,(H2,25,26,27);1H. The molecule has 0 aliphatic rings. The minimum atomic E-state index is -0.670. The number of guanidine groups is 1. The Balaban J connectivity index is 0.00000480. The molecule has 0 aliphatic carbocycles. The predicted octanol–water partition coefficient (Wildman–Crippen LogP) is 4.49. The number of benzene rings is 2. The van der Waals surface area contributed by atoms with Crippen LogP contribution < -0.4 is 20.1 Å². The first-order valence-corrected chi connectivity index (χ1v) is 10.5. The third-order valence-corrected chi connectivity index (χ3v) is 4.61. The van der Waals surface area contributed by atoms with Gasteiger partial charge in [-0.25, -0.2) is 0 Å². The summed E-state index contributed by atoms with van der Waals surface area (Å²) in [5.41, 5.74) is 1.93. The number of hydrogen-bond donors (Lipinski definition) is 3. The highest BCUT2D eigenvalue weighted by Crippen LogP contribution is 2.26. The van der Waals surface area contributed by atoms with Gasteiger partial charge in [0, 0.05) is 25.6 Å². The molecule has 6 nitrogen and oxygen atoms in total. The number of para-hydroxylation sites is 1. The fourth-order valence-corrected chi connectivity index (χ4v) is 3.12. The first kappa shape index (κ1) is 27.0. The minimum absolute atomic E-state index is 0. The summed E-state index contributed by atoms with van der Waals surface area (Å²) < 4.78 is 11.2. The van der Waals surface area contributed by atoms with Crippen LogP contribution in [0.25, 0.3) is 0 Å². The molecule has 31 heavy (non-hydrogen) atoms. The zero-order valence-corrected chi connectivity index (χ0v) is 21.4. The van der Waals surface area contributed by atoms with E-state index in [9.17, 15) is 5.11 Å². The van der Waals surface area contributed by atoms with Gasteiger partial charge >= 0.3 is 0 Å². The van der Waals surface area contributed by atoms with E-state index < -0.39 is 6.10 Å². The van der Waals surface area contributed by atoms with Crippen LogP contribution in [0.3, 0.4) is 0 Å². The summed E-state index contributed by atoms with van der Waals surface area (Å²) in [5.74, 6) is 2.50. The molecule has 0 aliphatic heterocycles. The van der Waals surface area contributed by atoms with E-state index in [-0.39, 0.29) is 36.0 Å². The van der Waals surface area contributed by atoms with Crippen molar-refractivity contribution < 1.29 is 14.6 Å². The second kappa shape index (κ2) is 14.1. The topological polar surface area (TPSA) is 75.1 Å². The molecule has 2 unspecified atom stereocenters. The molecule has 2 aromatic rings. The Kier molecular flexibility index (Phi) is 12.3. The number of ether oxygens (including phenoxy) is 2. The minimum Gasteiger partial charge on any atom is -0.496 e. The summed E-state index contributed by atoms with van der Waals surface area (Å²) in [7, 11) is 1.68. The van der Waals surface area contributed by atoms with Crippen molar-refractivity contribution in [3.8, 4) is 11.5 Å².